The molecule has 0 aromatic heterocycles. The van der Waals surface area contributed by atoms with Gasteiger partial charge in [-0.15, -0.1) is 0 Å². The van der Waals surface area contributed by atoms with Gasteiger partial charge in [0.2, 0.25) is 0 Å². The Bertz CT molecular complexity index is 352. The van der Waals surface area contributed by atoms with E-state index in [1.807, 2.05) is 0 Å². The first-order valence-electron chi connectivity index (χ1n) is 6.11. The highest BCUT2D eigenvalue weighted by Gasteiger charge is 2.23. The van der Waals surface area contributed by atoms with Crippen LogP contribution in [0.25, 0.3) is 0 Å². The van der Waals surface area contributed by atoms with Crippen LogP contribution in [0.1, 0.15) is 6.42 Å². The van der Waals surface area contributed by atoms with E-state index < -0.39 is 0 Å². The molecule has 3 nitrogen and oxygen atoms in total. The average Bonchev–Trinajstić information content (AvgIpc) is 2.33. The molecule has 1 saturated heterocycles. The number of benzene rings is 1. The van der Waals surface area contributed by atoms with Crippen molar-refractivity contribution in [2.45, 2.75) is 12.5 Å². The Morgan fingerprint density at radius 1 is 1.29 bits per heavy atom. The molecule has 0 aliphatic carbocycles. The molecule has 0 spiro atoms. The highest BCUT2D eigenvalue weighted by molar-refractivity contribution is 9.10. The Morgan fingerprint density at radius 3 is 2.65 bits per heavy atom. The molecule has 1 atom stereocenters. The average molecular weight is 298 g/mol. The second-order valence-corrected chi connectivity index (χ2v) is 5.55. The molecule has 1 heterocycles. The molecule has 1 unspecified atom stereocenters. The predicted molar refractivity (Wildman–Crippen MR) is 76.4 cm³/mol. The van der Waals surface area contributed by atoms with E-state index in [0.29, 0.717) is 6.04 Å². The number of hydrogen-bond donors (Lipinski definition) is 1. The Morgan fingerprint density at radius 2 is 2.00 bits per heavy atom. The van der Waals surface area contributed by atoms with Crippen molar-refractivity contribution in [3.05, 3.63) is 28.7 Å². The van der Waals surface area contributed by atoms with E-state index in [1.165, 1.54) is 5.69 Å². The molecule has 2 rings (SSSR count). The number of likely N-dealkylation sites (N-methyl/N-ethyl adjacent to an activating group) is 1. The van der Waals surface area contributed by atoms with Gasteiger partial charge in [-0.25, -0.2) is 0 Å². The van der Waals surface area contributed by atoms with Crippen LogP contribution >= 0.6 is 15.9 Å². The van der Waals surface area contributed by atoms with Crippen LogP contribution in [0.15, 0.2) is 28.7 Å². The van der Waals surface area contributed by atoms with Crippen molar-refractivity contribution in [2.75, 3.05) is 38.1 Å². The summed E-state index contributed by atoms with van der Waals surface area (Å²) in [6, 6.07) is 9.14. The van der Waals surface area contributed by atoms with E-state index in [1.54, 1.807) is 0 Å². The molecule has 0 radical (unpaired) electrons. The molecule has 2 N–H and O–H groups in total. The van der Waals surface area contributed by atoms with Gasteiger partial charge in [0, 0.05) is 35.8 Å². The lowest BCUT2D eigenvalue weighted by Crippen LogP contribution is -2.52. The fraction of sp³-hybridized carbons (Fsp3) is 0.538. The van der Waals surface area contributed by atoms with E-state index in [-0.39, 0.29) is 0 Å². The van der Waals surface area contributed by atoms with E-state index in [2.05, 4.69) is 57.0 Å². The zero-order chi connectivity index (χ0) is 12.3. The first-order chi connectivity index (χ1) is 8.20. The van der Waals surface area contributed by atoms with Crippen LogP contribution < -0.4 is 10.6 Å². The number of hydrogen-bond acceptors (Lipinski definition) is 3. The smallest absolute Gasteiger partial charge is 0.0367 e. The van der Waals surface area contributed by atoms with Gasteiger partial charge in [-0.2, -0.15) is 0 Å². The lowest BCUT2D eigenvalue weighted by Gasteiger charge is -2.40. The maximum Gasteiger partial charge on any atom is 0.0367 e. The second-order valence-electron chi connectivity index (χ2n) is 4.63. The minimum absolute atomic E-state index is 0.581. The summed E-state index contributed by atoms with van der Waals surface area (Å²) < 4.78 is 1.13. The zero-order valence-electron chi connectivity index (χ0n) is 10.3. The highest BCUT2D eigenvalue weighted by atomic mass is 79.9. The first kappa shape index (κ1) is 12.9. The SMILES string of the molecule is CN1CCN(c2ccc(Br)cc2)CC1CCN. The molecule has 1 aliphatic heterocycles. The first-order valence-corrected chi connectivity index (χ1v) is 6.91. The van der Waals surface area contributed by atoms with E-state index >= 15 is 0 Å². The summed E-state index contributed by atoms with van der Waals surface area (Å²) in [5.41, 5.74) is 6.98. The van der Waals surface area contributed by atoms with Crippen molar-refractivity contribution in [1.29, 1.82) is 0 Å². The number of piperazine rings is 1. The van der Waals surface area contributed by atoms with E-state index in [9.17, 15) is 0 Å². The highest BCUT2D eigenvalue weighted by Crippen LogP contribution is 2.21. The normalized spacial score (nSPS) is 21.8. The third-order valence-electron chi connectivity index (χ3n) is 3.47. The topological polar surface area (TPSA) is 32.5 Å². The molecule has 1 aromatic rings. The van der Waals surface area contributed by atoms with Crippen LogP contribution in [0.5, 0.6) is 0 Å². The molecule has 94 valence electrons. The number of rotatable bonds is 3. The van der Waals surface area contributed by atoms with Crippen molar-refractivity contribution in [1.82, 2.24) is 4.90 Å². The third-order valence-corrected chi connectivity index (χ3v) is 4.00. The lowest BCUT2D eigenvalue weighted by atomic mass is 10.1. The monoisotopic (exact) mass is 297 g/mol. The number of halogens is 1. The molecular formula is C13H20BrN3. The van der Waals surface area contributed by atoms with Crippen LogP contribution in [0.4, 0.5) is 5.69 Å². The summed E-state index contributed by atoms with van der Waals surface area (Å²) in [7, 11) is 2.19. The molecule has 1 fully saturated rings. The summed E-state index contributed by atoms with van der Waals surface area (Å²) in [6.07, 6.45) is 1.07. The summed E-state index contributed by atoms with van der Waals surface area (Å²) >= 11 is 3.47. The van der Waals surface area contributed by atoms with Gasteiger partial charge in [0.25, 0.3) is 0 Å². The molecule has 4 heteroatoms. The Hall–Kier alpha value is -0.580. The molecule has 1 aromatic carbocycles. The van der Waals surface area contributed by atoms with Crippen LogP contribution in [0.3, 0.4) is 0 Å². The third kappa shape index (κ3) is 3.21. The summed E-state index contributed by atoms with van der Waals surface area (Å²) in [6.45, 7) is 4.05. The molecule has 0 amide bonds. The van der Waals surface area contributed by atoms with Gasteiger partial charge in [0.15, 0.2) is 0 Å². The molecular weight excluding hydrogens is 278 g/mol. The Labute approximate surface area is 112 Å². The maximum absolute atomic E-state index is 5.67. The summed E-state index contributed by atoms with van der Waals surface area (Å²) in [5.74, 6) is 0. The second kappa shape index (κ2) is 5.85. The fourth-order valence-corrected chi connectivity index (χ4v) is 2.60. The van der Waals surface area contributed by atoms with E-state index in [4.69, 9.17) is 5.73 Å². The van der Waals surface area contributed by atoms with Crippen LogP contribution in [0, 0.1) is 0 Å². The lowest BCUT2D eigenvalue weighted by molar-refractivity contribution is 0.210. The Balaban J connectivity index is 2.04. The molecule has 0 saturated carbocycles. The van der Waals surface area contributed by atoms with Gasteiger partial charge in [-0.05, 0) is 44.3 Å². The van der Waals surface area contributed by atoms with Gasteiger partial charge in [-0.1, -0.05) is 15.9 Å². The zero-order valence-corrected chi connectivity index (χ0v) is 11.9. The summed E-state index contributed by atoms with van der Waals surface area (Å²) in [5, 5.41) is 0. The summed E-state index contributed by atoms with van der Waals surface area (Å²) in [4.78, 5) is 4.87. The van der Waals surface area contributed by atoms with Gasteiger partial charge in [0.05, 0.1) is 0 Å². The van der Waals surface area contributed by atoms with Crippen molar-refractivity contribution >= 4 is 21.6 Å². The predicted octanol–water partition coefficient (Wildman–Crippen LogP) is 1.92. The van der Waals surface area contributed by atoms with Crippen molar-refractivity contribution < 1.29 is 0 Å². The quantitative estimate of drug-likeness (QED) is 0.925. The Kier molecular flexibility index (Phi) is 4.42. The van der Waals surface area contributed by atoms with Crippen molar-refractivity contribution in [3.63, 3.8) is 0 Å². The van der Waals surface area contributed by atoms with Gasteiger partial charge in [0.1, 0.15) is 0 Å². The van der Waals surface area contributed by atoms with Crippen LogP contribution in [-0.4, -0.2) is 44.2 Å². The fourth-order valence-electron chi connectivity index (χ4n) is 2.34. The minimum atomic E-state index is 0.581. The molecule has 1 aliphatic rings. The van der Waals surface area contributed by atoms with Crippen molar-refractivity contribution in [3.8, 4) is 0 Å². The van der Waals surface area contributed by atoms with Crippen molar-refractivity contribution in [2.24, 2.45) is 5.73 Å². The molecule has 0 bridgehead atoms. The van der Waals surface area contributed by atoms with Gasteiger partial charge in [-0.3, -0.25) is 4.90 Å². The standard InChI is InChI=1S/C13H20BrN3/c1-16-8-9-17(10-13(16)6-7-15)12-4-2-11(14)3-5-12/h2-5,13H,6-10,15H2,1H3. The van der Waals surface area contributed by atoms with Crippen LogP contribution in [0.2, 0.25) is 0 Å². The number of nitrogens with zero attached hydrogens (tertiary/aromatic N) is 2. The van der Waals surface area contributed by atoms with E-state index in [0.717, 1.165) is 37.1 Å². The largest absolute Gasteiger partial charge is 0.369 e. The molecule has 17 heavy (non-hydrogen) atoms. The minimum Gasteiger partial charge on any atom is -0.369 e. The number of anilines is 1. The maximum atomic E-state index is 5.67. The number of nitrogens with two attached hydrogens (primary N) is 1. The van der Waals surface area contributed by atoms with Crippen LogP contribution in [-0.2, 0) is 0 Å². The van der Waals surface area contributed by atoms with Gasteiger partial charge < -0.3 is 10.6 Å². The van der Waals surface area contributed by atoms with Gasteiger partial charge >= 0.3 is 0 Å².